The number of rotatable bonds is 6. The number of hydrogen-bond donors (Lipinski definition) is 2. The Bertz CT molecular complexity index is 1200. The highest BCUT2D eigenvalue weighted by Gasteiger charge is 2.47. The van der Waals surface area contributed by atoms with Crippen LogP contribution in [0.1, 0.15) is 22.0 Å². The molecule has 0 spiro atoms. The zero-order valence-corrected chi connectivity index (χ0v) is 18.3. The van der Waals surface area contributed by atoms with Crippen LogP contribution in [0.3, 0.4) is 0 Å². The van der Waals surface area contributed by atoms with Gasteiger partial charge in [0.05, 0.1) is 32.4 Å². The quantitative estimate of drug-likeness (QED) is 0.333. The van der Waals surface area contributed by atoms with Gasteiger partial charge in [-0.3, -0.25) is 9.59 Å². The number of carbonyl (C=O) groups is 2. The summed E-state index contributed by atoms with van der Waals surface area (Å²) in [5, 5.41) is 23.8. The van der Waals surface area contributed by atoms with Crippen molar-refractivity contribution in [1.82, 2.24) is 4.90 Å². The molecular weight excluding hydrogens is 430 g/mol. The molecule has 7 nitrogen and oxygen atoms in total. The van der Waals surface area contributed by atoms with E-state index in [2.05, 4.69) is 0 Å². The molecule has 1 amide bonds. The fraction of sp³-hybridized carbons (Fsp3) is 0.167. The van der Waals surface area contributed by atoms with Crippen molar-refractivity contribution in [2.45, 2.75) is 12.6 Å². The lowest BCUT2D eigenvalue weighted by molar-refractivity contribution is -0.140. The fourth-order valence-corrected chi connectivity index (χ4v) is 4.49. The van der Waals surface area contributed by atoms with Crippen LogP contribution in [0.2, 0.25) is 0 Å². The summed E-state index contributed by atoms with van der Waals surface area (Å²) in [6, 6.07) is 14.1. The minimum Gasteiger partial charge on any atom is -0.507 e. The van der Waals surface area contributed by atoms with Crippen LogP contribution >= 0.6 is 11.3 Å². The minimum atomic E-state index is -1.00. The molecule has 2 heterocycles. The topological polar surface area (TPSA) is 96.3 Å². The SMILES string of the molecule is COc1cccc(/C(O)=C2\C(=O)C(=O)N(Cc3cccs3)C2c2cccc(OC)c2O)c1. The largest absolute Gasteiger partial charge is 0.507 e. The maximum Gasteiger partial charge on any atom is 0.295 e. The van der Waals surface area contributed by atoms with E-state index in [1.165, 1.54) is 30.5 Å². The smallest absolute Gasteiger partial charge is 0.295 e. The number of ketones is 1. The van der Waals surface area contributed by atoms with Gasteiger partial charge in [0.15, 0.2) is 11.5 Å². The number of phenols is 1. The summed E-state index contributed by atoms with van der Waals surface area (Å²) in [5.41, 5.74) is 0.499. The van der Waals surface area contributed by atoms with Gasteiger partial charge >= 0.3 is 0 Å². The number of aliphatic hydroxyl groups excluding tert-OH is 1. The van der Waals surface area contributed by atoms with E-state index in [1.807, 2.05) is 17.5 Å². The van der Waals surface area contributed by atoms with Crippen molar-refractivity contribution in [1.29, 1.82) is 0 Å². The Hall–Kier alpha value is -3.78. The molecule has 32 heavy (non-hydrogen) atoms. The number of Topliss-reactive ketones (excluding diaryl/α,β-unsaturated/α-hetero) is 1. The number of para-hydroxylation sites is 1. The number of ether oxygens (including phenoxy) is 2. The average Bonchev–Trinajstić information content (AvgIpc) is 3.41. The molecule has 1 fully saturated rings. The summed E-state index contributed by atoms with van der Waals surface area (Å²) in [6.45, 7) is 0.151. The Morgan fingerprint density at radius 1 is 1.06 bits per heavy atom. The highest BCUT2D eigenvalue weighted by Crippen LogP contribution is 2.45. The molecule has 8 heteroatoms. The van der Waals surface area contributed by atoms with E-state index in [-0.39, 0.29) is 34.9 Å². The van der Waals surface area contributed by atoms with Gasteiger partial charge in [-0.1, -0.05) is 30.3 Å². The van der Waals surface area contributed by atoms with Crippen LogP contribution in [0, 0.1) is 0 Å². The third-order valence-corrected chi connectivity index (χ3v) is 6.20. The molecule has 0 aliphatic carbocycles. The Balaban J connectivity index is 1.92. The predicted octanol–water partition coefficient (Wildman–Crippen LogP) is 4.09. The monoisotopic (exact) mass is 451 g/mol. The van der Waals surface area contributed by atoms with E-state index >= 15 is 0 Å². The average molecular weight is 452 g/mol. The number of likely N-dealkylation sites (tertiary alicyclic amines) is 1. The normalized spacial score (nSPS) is 17.6. The standard InChI is InChI=1S/C24H21NO6S/c1-30-15-7-3-6-14(12-15)21(26)19-20(17-9-4-10-18(31-2)22(17)27)25(24(29)23(19)28)13-16-8-5-11-32-16/h3-12,20,26-27H,13H2,1-2H3/b21-19+. The first-order valence-corrected chi connectivity index (χ1v) is 10.6. The van der Waals surface area contributed by atoms with E-state index in [1.54, 1.807) is 42.5 Å². The molecular formula is C24H21NO6S. The number of thiophene rings is 1. The van der Waals surface area contributed by atoms with Gasteiger partial charge in [0.1, 0.15) is 11.5 Å². The molecule has 0 bridgehead atoms. The third-order valence-electron chi connectivity index (χ3n) is 5.33. The molecule has 1 saturated heterocycles. The van der Waals surface area contributed by atoms with Gasteiger partial charge in [-0.05, 0) is 29.6 Å². The molecule has 1 aromatic heterocycles. The van der Waals surface area contributed by atoms with E-state index in [4.69, 9.17) is 9.47 Å². The first kappa shape index (κ1) is 21.5. The minimum absolute atomic E-state index is 0.108. The van der Waals surface area contributed by atoms with Crippen molar-refractivity contribution in [2.24, 2.45) is 0 Å². The van der Waals surface area contributed by atoms with Crippen molar-refractivity contribution in [3.05, 3.63) is 81.6 Å². The summed E-state index contributed by atoms with van der Waals surface area (Å²) in [6.07, 6.45) is 0. The number of methoxy groups -OCH3 is 2. The van der Waals surface area contributed by atoms with E-state index in [0.717, 1.165) is 4.88 Å². The first-order chi connectivity index (χ1) is 15.5. The lowest BCUT2D eigenvalue weighted by Crippen LogP contribution is -2.28. The number of hydrogen-bond acceptors (Lipinski definition) is 7. The first-order valence-electron chi connectivity index (χ1n) is 9.77. The van der Waals surface area contributed by atoms with Crippen molar-refractivity contribution in [2.75, 3.05) is 14.2 Å². The van der Waals surface area contributed by atoms with E-state index in [0.29, 0.717) is 11.3 Å². The van der Waals surface area contributed by atoms with Crippen molar-refractivity contribution < 1.29 is 29.3 Å². The maximum absolute atomic E-state index is 13.1. The predicted molar refractivity (Wildman–Crippen MR) is 120 cm³/mol. The van der Waals surface area contributed by atoms with Gasteiger partial charge in [0, 0.05) is 16.0 Å². The summed E-state index contributed by atoms with van der Waals surface area (Å²) in [5.74, 6) is -1.44. The molecule has 0 radical (unpaired) electrons. The molecule has 1 unspecified atom stereocenters. The maximum atomic E-state index is 13.1. The number of aliphatic hydroxyl groups is 1. The molecule has 4 rings (SSSR count). The molecule has 2 N–H and O–H groups in total. The zero-order chi connectivity index (χ0) is 22.8. The summed E-state index contributed by atoms with van der Waals surface area (Å²) >= 11 is 1.45. The number of phenolic OH excluding ortho intramolecular Hbond substituents is 1. The van der Waals surface area contributed by atoms with Gasteiger partial charge < -0.3 is 24.6 Å². The van der Waals surface area contributed by atoms with E-state index in [9.17, 15) is 19.8 Å². The van der Waals surface area contributed by atoms with E-state index < -0.39 is 17.7 Å². The second-order valence-corrected chi connectivity index (χ2v) is 8.17. The highest BCUT2D eigenvalue weighted by atomic mass is 32.1. The Kier molecular flexibility index (Phi) is 5.87. The van der Waals surface area contributed by atoms with Crippen LogP contribution in [0.25, 0.3) is 5.76 Å². The molecule has 164 valence electrons. The molecule has 1 atom stereocenters. The second kappa shape index (κ2) is 8.76. The molecule has 3 aromatic rings. The highest BCUT2D eigenvalue weighted by molar-refractivity contribution is 7.09. The number of benzene rings is 2. The van der Waals surface area contributed by atoms with Crippen LogP contribution < -0.4 is 9.47 Å². The van der Waals surface area contributed by atoms with Crippen molar-refractivity contribution in [3.8, 4) is 17.2 Å². The van der Waals surface area contributed by atoms with Crippen LogP contribution in [-0.4, -0.2) is 41.0 Å². The summed E-state index contributed by atoms with van der Waals surface area (Å²) in [7, 11) is 2.91. The van der Waals surface area contributed by atoms with Crippen LogP contribution in [0.15, 0.2) is 65.6 Å². The fourth-order valence-electron chi connectivity index (χ4n) is 3.79. The number of nitrogens with zero attached hydrogens (tertiary/aromatic N) is 1. The molecule has 1 aliphatic heterocycles. The van der Waals surface area contributed by atoms with Crippen LogP contribution in [-0.2, 0) is 16.1 Å². The molecule has 1 aliphatic rings. The lowest BCUT2D eigenvalue weighted by atomic mass is 9.94. The number of carbonyl (C=O) groups excluding carboxylic acids is 2. The van der Waals surface area contributed by atoms with Gasteiger partial charge in [0.2, 0.25) is 0 Å². The van der Waals surface area contributed by atoms with Crippen molar-refractivity contribution >= 4 is 28.8 Å². The Morgan fingerprint density at radius 2 is 1.84 bits per heavy atom. The summed E-state index contributed by atoms with van der Waals surface area (Å²) < 4.78 is 10.4. The Morgan fingerprint density at radius 3 is 2.53 bits per heavy atom. The van der Waals surface area contributed by atoms with Gasteiger partial charge in [-0.2, -0.15) is 0 Å². The van der Waals surface area contributed by atoms with Gasteiger partial charge in [0.25, 0.3) is 11.7 Å². The van der Waals surface area contributed by atoms with Gasteiger partial charge in [-0.15, -0.1) is 11.3 Å². The lowest BCUT2D eigenvalue weighted by Gasteiger charge is -2.26. The van der Waals surface area contributed by atoms with Crippen molar-refractivity contribution in [3.63, 3.8) is 0 Å². The Labute approximate surface area is 188 Å². The molecule has 0 saturated carbocycles. The second-order valence-electron chi connectivity index (χ2n) is 7.14. The number of amides is 1. The third kappa shape index (κ3) is 3.69. The van der Waals surface area contributed by atoms with Crippen LogP contribution in [0.4, 0.5) is 0 Å². The van der Waals surface area contributed by atoms with Gasteiger partial charge in [-0.25, -0.2) is 0 Å². The zero-order valence-electron chi connectivity index (χ0n) is 17.4. The van der Waals surface area contributed by atoms with Crippen LogP contribution in [0.5, 0.6) is 17.2 Å². The molecule has 2 aromatic carbocycles. The number of aromatic hydroxyl groups is 1. The summed E-state index contributed by atoms with van der Waals surface area (Å²) in [4.78, 5) is 28.4.